The van der Waals surface area contributed by atoms with Crippen molar-refractivity contribution in [1.29, 1.82) is 0 Å². The van der Waals surface area contributed by atoms with Gasteiger partial charge in [-0.15, -0.1) is 0 Å². The van der Waals surface area contributed by atoms with E-state index < -0.39 is 9.84 Å². The molecule has 0 bridgehead atoms. The van der Waals surface area contributed by atoms with Crippen LogP contribution in [0.25, 0.3) is 0 Å². The highest BCUT2D eigenvalue weighted by Gasteiger charge is 2.29. The second-order valence-corrected chi connectivity index (χ2v) is 7.36. The fourth-order valence-electron chi connectivity index (χ4n) is 2.70. The van der Waals surface area contributed by atoms with E-state index in [1.54, 1.807) is 0 Å². The van der Waals surface area contributed by atoms with Crippen LogP contribution in [-0.2, 0) is 9.84 Å². The molecule has 16 heavy (non-hydrogen) atoms. The molecule has 0 aromatic heterocycles. The Morgan fingerprint density at radius 2 is 1.94 bits per heavy atom. The van der Waals surface area contributed by atoms with Crippen LogP contribution in [-0.4, -0.2) is 43.7 Å². The van der Waals surface area contributed by atoms with E-state index in [4.69, 9.17) is 0 Å². The summed E-state index contributed by atoms with van der Waals surface area (Å²) in [6, 6.07) is 0.178. The summed E-state index contributed by atoms with van der Waals surface area (Å²) in [5, 5.41) is 13.1. The average Bonchev–Trinajstić information content (AvgIpc) is 2.57. The van der Waals surface area contributed by atoms with Gasteiger partial charge >= 0.3 is 0 Å². The number of hydrogen-bond donors (Lipinski definition) is 2. The van der Waals surface area contributed by atoms with Crippen molar-refractivity contribution >= 4 is 9.84 Å². The Labute approximate surface area is 97.3 Å². The van der Waals surface area contributed by atoms with Crippen LogP contribution >= 0.6 is 0 Å². The molecule has 3 atom stereocenters. The van der Waals surface area contributed by atoms with E-state index in [2.05, 4.69) is 5.32 Å². The first-order valence-electron chi connectivity index (χ1n) is 6.19. The zero-order chi connectivity index (χ0) is 11.6. The summed E-state index contributed by atoms with van der Waals surface area (Å²) >= 11 is 0. The van der Waals surface area contributed by atoms with Gasteiger partial charge in [0.15, 0.2) is 9.84 Å². The van der Waals surface area contributed by atoms with Crippen LogP contribution < -0.4 is 5.32 Å². The highest BCUT2D eigenvalue weighted by molar-refractivity contribution is 7.91. The summed E-state index contributed by atoms with van der Waals surface area (Å²) in [4.78, 5) is 0. The number of nitrogens with one attached hydrogen (secondary N) is 1. The van der Waals surface area contributed by atoms with Crippen molar-refractivity contribution in [3.8, 4) is 0 Å². The maximum absolute atomic E-state index is 11.3. The van der Waals surface area contributed by atoms with Gasteiger partial charge < -0.3 is 10.4 Å². The third-order valence-electron chi connectivity index (χ3n) is 3.72. The normalized spacial score (nSPS) is 38.7. The first-order valence-corrected chi connectivity index (χ1v) is 8.01. The molecule has 1 aliphatic heterocycles. The Hall–Kier alpha value is -0.130. The Bertz CT molecular complexity index is 328. The van der Waals surface area contributed by atoms with E-state index >= 15 is 0 Å². The largest absolute Gasteiger partial charge is 0.392 e. The number of hydrogen-bond acceptors (Lipinski definition) is 4. The third kappa shape index (κ3) is 3.18. The minimum Gasteiger partial charge on any atom is -0.392 e. The first-order chi connectivity index (χ1) is 7.57. The van der Waals surface area contributed by atoms with E-state index in [1.807, 2.05) is 0 Å². The van der Waals surface area contributed by atoms with Crippen molar-refractivity contribution < 1.29 is 13.5 Å². The van der Waals surface area contributed by atoms with Gasteiger partial charge in [-0.1, -0.05) is 12.8 Å². The van der Waals surface area contributed by atoms with Crippen LogP contribution in [0.15, 0.2) is 0 Å². The fraction of sp³-hybridized carbons (Fsp3) is 1.00. The smallest absolute Gasteiger partial charge is 0.150 e. The van der Waals surface area contributed by atoms with Crippen LogP contribution in [0.2, 0.25) is 0 Å². The molecule has 2 rings (SSSR count). The molecule has 1 saturated carbocycles. The van der Waals surface area contributed by atoms with Crippen molar-refractivity contribution in [2.45, 2.75) is 44.2 Å². The summed E-state index contributed by atoms with van der Waals surface area (Å²) in [6.45, 7) is 0.737. The monoisotopic (exact) mass is 247 g/mol. The van der Waals surface area contributed by atoms with E-state index in [0.717, 1.165) is 38.6 Å². The highest BCUT2D eigenvalue weighted by Crippen LogP contribution is 2.21. The molecule has 0 radical (unpaired) electrons. The molecule has 1 saturated heterocycles. The molecule has 0 spiro atoms. The summed E-state index contributed by atoms with van der Waals surface area (Å²) < 4.78 is 22.6. The van der Waals surface area contributed by atoms with Crippen molar-refractivity contribution in [2.24, 2.45) is 5.92 Å². The second kappa shape index (κ2) is 5.02. The van der Waals surface area contributed by atoms with Gasteiger partial charge in [0.1, 0.15) is 0 Å². The SMILES string of the molecule is O=S1(=O)CCC(CN[C@@H]2CCCC[C@H]2O)C1. The third-order valence-corrected chi connectivity index (χ3v) is 5.56. The van der Waals surface area contributed by atoms with Gasteiger partial charge in [-0.3, -0.25) is 0 Å². The Balaban J connectivity index is 1.75. The van der Waals surface area contributed by atoms with Gasteiger partial charge in [-0.2, -0.15) is 0 Å². The molecule has 2 fully saturated rings. The standard InChI is InChI=1S/C11H21NO3S/c13-11-4-2-1-3-10(11)12-7-9-5-6-16(14,15)8-9/h9-13H,1-8H2/t9?,10-,11-/m1/s1. The second-order valence-electron chi connectivity index (χ2n) is 5.14. The van der Waals surface area contributed by atoms with E-state index in [0.29, 0.717) is 11.5 Å². The molecule has 0 amide bonds. The van der Waals surface area contributed by atoms with E-state index in [9.17, 15) is 13.5 Å². The number of aliphatic hydroxyl groups is 1. The Morgan fingerprint density at radius 1 is 1.19 bits per heavy atom. The van der Waals surface area contributed by atoms with Crippen LogP contribution in [0, 0.1) is 5.92 Å². The number of rotatable bonds is 3. The van der Waals surface area contributed by atoms with Crippen molar-refractivity contribution in [3.63, 3.8) is 0 Å². The molecule has 5 heteroatoms. The van der Waals surface area contributed by atoms with Gasteiger partial charge in [0.05, 0.1) is 17.6 Å². The number of sulfone groups is 1. The van der Waals surface area contributed by atoms with Gasteiger partial charge in [-0.05, 0) is 31.7 Å². The lowest BCUT2D eigenvalue weighted by atomic mass is 9.92. The highest BCUT2D eigenvalue weighted by atomic mass is 32.2. The van der Waals surface area contributed by atoms with E-state index in [-0.39, 0.29) is 18.1 Å². The zero-order valence-corrected chi connectivity index (χ0v) is 10.4. The fourth-order valence-corrected chi connectivity index (χ4v) is 4.56. The van der Waals surface area contributed by atoms with Crippen molar-refractivity contribution in [2.75, 3.05) is 18.1 Å². The summed E-state index contributed by atoms with van der Waals surface area (Å²) in [5.74, 6) is 0.911. The lowest BCUT2D eigenvalue weighted by Crippen LogP contribution is -2.44. The molecule has 2 N–H and O–H groups in total. The predicted molar refractivity (Wildman–Crippen MR) is 63.0 cm³/mol. The molecule has 94 valence electrons. The first kappa shape index (κ1) is 12.3. The average molecular weight is 247 g/mol. The van der Waals surface area contributed by atoms with Crippen LogP contribution in [0.5, 0.6) is 0 Å². The molecular weight excluding hydrogens is 226 g/mol. The van der Waals surface area contributed by atoms with Crippen molar-refractivity contribution in [3.05, 3.63) is 0 Å². The minimum atomic E-state index is -2.76. The molecule has 4 nitrogen and oxygen atoms in total. The summed E-state index contributed by atoms with van der Waals surface area (Å²) in [5.41, 5.74) is 0. The van der Waals surface area contributed by atoms with Gasteiger partial charge in [-0.25, -0.2) is 8.42 Å². The quantitative estimate of drug-likeness (QED) is 0.753. The molecule has 1 unspecified atom stereocenters. The Morgan fingerprint density at radius 3 is 2.56 bits per heavy atom. The molecule has 1 aliphatic carbocycles. The lowest BCUT2D eigenvalue weighted by Gasteiger charge is -2.29. The van der Waals surface area contributed by atoms with Gasteiger partial charge in [0, 0.05) is 6.04 Å². The molecular formula is C11H21NO3S. The van der Waals surface area contributed by atoms with Crippen LogP contribution in [0.1, 0.15) is 32.1 Å². The zero-order valence-electron chi connectivity index (χ0n) is 9.56. The minimum absolute atomic E-state index is 0.178. The predicted octanol–water partition coefficient (Wildman–Crippen LogP) is 0.314. The molecule has 2 aliphatic rings. The van der Waals surface area contributed by atoms with Gasteiger partial charge in [0.25, 0.3) is 0 Å². The van der Waals surface area contributed by atoms with Crippen LogP contribution in [0.4, 0.5) is 0 Å². The number of aliphatic hydroxyl groups excluding tert-OH is 1. The van der Waals surface area contributed by atoms with Crippen LogP contribution in [0.3, 0.4) is 0 Å². The summed E-state index contributed by atoms with van der Waals surface area (Å²) in [7, 11) is -2.76. The molecule has 0 aromatic rings. The lowest BCUT2D eigenvalue weighted by molar-refractivity contribution is 0.0894. The Kier molecular flexibility index (Phi) is 3.87. The maximum Gasteiger partial charge on any atom is 0.150 e. The molecule has 1 heterocycles. The van der Waals surface area contributed by atoms with E-state index in [1.165, 1.54) is 0 Å². The van der Waals surface area contributed by atoms with Crippen molar-refractivity contribution in [1.82, 2.24) is 5.32 Å². The van der Waals surface area contributed by atoms with Gasteiger partial charge in [0.2, 0.25) is 0 Å². The maximum atomic E-state index is 11.3. The summed E-state index contributed by atoms with van der Waals surface area (Å²) in [6.07, 6.45) is 4.70. The molecule has 0 aromatic carbocycles. The topological polar surface area (TPSA) is 66.4 Å².